The fourth-order valence-corrected chi connectivity index (χ4v) is 2.06. The summed E-state index contributed by atoms with van der Waals surface area (Å²) in [5, 5.41) is 4.04. The lowest BCUT2D eigenvalue weighted by Gasteiger charge is -2.25. The quantitative estimate of drug-likeness (QED) is 0.834. The second-order valence-electron chi connectivity index (χ2n) is 4.53. The Morgan fingerprint density at radius 2 is 2.21 bits per heavy atom. The summed E-state index contributed by atoms with van der Waals surface area (Å²) >= 11 is 0. The van der Waals surface area contributed by atoms with Crippen molar-refractivity contribution < 1.29 is 14.3 Å². The van der Waals surface area contributed by atoms with E-state index >= 15 is 0 Å². The first-order chi connectivity index (χ1) is 9.22. The van der Waals surface area contributed by atoms with Crippen molar-refractivity contribution in [1.82, 2.24) is 9.78 Å². The molecule has 1 aliphatic heterocycles. The third kappa shape index (κ3) is 2.45. The monoisotopic (exact) mass is 258 g/mol. The molecule has 5 nitrogen and oxygen atoms in total. The zero-order valence-electron chi connectivity index (χ0n) is 10.6. The SMILES string of the molecule is Cn1cc(CC(=O)C2COc3ccccc3O2)cn1. The van der Waals surface area contributed by atoms with E-state index < -0.39 is 6.10 Å². The van der Waals surface area contributed by atoms with E-state index in [1.165, 1.54) is 0 Å². The minimum Gasteiger partial charge on any atom is -0.485 e. The number of para-hydroxylation sites is 2. The van der Waals surface area contributed by atoms with Crippen LogP contribution < -0.4 is 9.47 Å². The van der Waals surface area contributed by atoms with E-state index in [0.29, 0.717) is 17.9 Å². The Bertz CT molecular complexity index is 606. The van der Waals surface area contributed by atoms with Crippen LogP contribution in [-0.4, -0.2) is 28.3 Å². The molecule has 0 saturated heterocycles. The first-order valence-corrected chi connectivity index (χ1v) is 6.11. The number of hydrogen-bond donors (Lipinski definition) is 0. The number of nitrogens with zero attached hydrogens (tertiary/aromatic N) is 2. The molecule has 19 heavy (non-hydrogen) atoms. The summed E-state index contributed by atoms with van der Waals surface area (Å²) in [6.07, 6.45) is 3.28. The van der Waals surface area contributed by atoms with E-state index in [1.807, 2.05) is 31.4 Å². The van der Waals surface area contributed by atoms with Crippen molar-refractivity contribution in [2.75, 3.05) is 6.61 Å². The Morgan fingerprint density at radius 3 is 2.95 bits per heavy atom. The molecule has 0 aliphatic carbocycles. The van der Waals surface area contributed by atoms with E-state index in [0.717, 1.165) is 5.56 Å². The molecular weight excluding hydrogens is 244 g/mol. The van der Waals surface area contributed by atoms with Gasteiger partial charge in [-0.3, -0.25) is 9.48 Å². The Kier molecular flexibility index (Phi) is 2.95. The number of carbonyl (C=O) groups is 1. The van der Waals surface area contributed by atoms with E-state index in [2.05, 4.69) is 5.10 Å². The lowest BCUT2D eigenvalue weighted by atomic mass is 10.1. The van der Waals surface area contributed by atoms with Gasteiger partial charge in [-0.15, -0.1) is 0 Å². The molecule has 0 spiro atoms. The van der Waals surface area contributed by atoms with Crippen LogP contribution in [0.2, 0.25) is 0 Å². The molecule has 0 amide bonds. The van der Waals surface area contributed by atoms with Crippen LogP contribution in [-0.2, 0) is 18.3 Å². The van der Waals surface area contributed by atoms with Crippen LogP contribution in [0.1, 0.15) is 5.56 Å². The smallest absolute Gasteiger partial charge is 0.191 e. The van der Waals surface area contributed by atoms with Gasteiger partial charge in [-0.05, 0) is 17.7 Å². The number of benzene rings is 1. The van der Waals surface area contributed by atoms with Gasteiger partial charge in [-0.2, -0.15) is 5.10 Å². The van der Waals surface area contributed by atoms with Gasteiger partial charge in [0.05, 0.1) is 6.20 Å². The Labute approximate surface area is 110 Å². The highest BCUT2D eigenvalue weighted by Crippen LogP contribution is 2.31. The van der Waals surface area contributed by atoms with Crippen LogP contribution in [0.3, 0.4) is 0 Å². The number of Topliss-reactive ketones (excluding diaryl/α,β-unsaturated/α-hetero) is 1. The number of fused-ring (bicyclic) bond motifs is 1. The topological polar surface area (TPSA) is 53.4 Å². The fraction of sp³-hybridized carbons (Fsp3) is 0.286. The summed E-state index contributed by atoms with van der Waals surface area (Å²) < 4.78 is 12.9. The zero-order chi connectivity index (χ0) is 13.2. The Morgan fingerprint density at radius 1 is 1.42 bits per heavy atom. The van der Waals surface area contributed by atoms with Gasteiger partial charge in [-0.25, -0.2) is 0 Å². The van der Waals surface area contributed by atoms with Gasteiger partial charge in [0.15, 0.2) is 23.4 Å². The highest BCUT2D eigenvalue weighted by Gasteiger charge is 2.27. The molecule has 0 bridgehead atoms. The Balaban J connectivity index is 1.69. The third-order valence-electron chi connectivity index (χ3n) is 3.00. The summed E-state index contributed by atoms with van der Waals surface area (Å²) in [7, 11) is 1.82. The van der Waals surface area contributed by atoms with Crippen LogP contribution in [0, 0.1) is 0 Å². The molecule has 5 heteroatoms. The van der Waals surface area contributed by atoms with Crippen LogP contribution >= 0.6 is 0 Å². The molecule has 1 atom stereocenters. The molecule has 0 radical (unpaired) electrons. The van der Waals surface area contributed by atoms with Gasteiger partial charge in [0.1, 0.15) is 6.61 Å². The van der Waals surface area contributed by atoms with Crippen LogP contribution in [0.5, 0.6) is 11.5 Å². The maximum absolute atomic E-state index is 12.1. The number of ketones is 1. The van der Waals surface area contributed by atoms with Gasteiger partial charge in [0.25, 0.3) is 0 Å². The molecule has 1 aliphatic rings. The Hall–Kier alpha value is -2.30. The molecular formula is C14H14N2O3. The second kappa shape index (κ2) is 4.76. The molecule has 0 N–H and O–H groups in total. The molecule has 1 unspecified atom stereocenters. The van der Waals surface area contributed by atoms with Gasteiger partial charge >= 0.3 is 0 Å². The van der Waals surface area contributed by atoms with Crippen molar-refractivity contribution in [2.24, 2.45) is 7.05 Å². The number of carbonyl (C=O) groups excluding carboxylic acids is 1. The normalized spacial score (nSPS) is 17.2. The average Bonchev–Trinajstić information content (AvgIpc) is 2.83. The number of aryl methyl sites for hydroxylation is 1. The maximum atomic E-state index is 12.1. The molecule has 3 rings (SSSR count). The minimum atomic E-state index is -0.546. The average molecular weight is 258 g/mol. The predicted octanol–water partition coefficient (Wildman–Crippen LogP) is 1.37. The van der Waals surface area contributed by atoms with Crippen molar-refractivity contribution in [3.63, 3.8) is 0 Å². The van der Waals surface area contributed by atoms with Crippen molar-refractivity contribution in [3.05, 3.63) is 42.2 Å². The summed E-state index contributed by atoms with van der Waals surface area (Å²) in [5.41, 5.74) is 0.884. The minimum absolute atomic E-state index is 0.00232. The summed E-state index contributed by atoms with van der Waals surface area (Å²) in [6, 6.07) is 7.37. The van der Waals surface area contributed by atoms with Crippen LogP contribution in [0.4, 0.5) is 0 Å². The zero-order valence-corrected chi connectivity index (χ0v) is 10.6. The third-order valence-corrected chi connectivity index (χ3v) is 3.00. The first-order valence-electron chi connectivity index (χ1n) is 6.11. The molecule has 2 aromatic rings. The van der Waals surface area contributed by atoms with Crippen molar-refractivity contribution >= 4 is 5.78 Å². The number of aromatic nitrogens is 2. The van der Waals surface area contributed by atoms with Crippen LogP contribution in [0.15, 0.2) is 36.7 Å². The van der Waals surface area contributed by atoms with E-state index in [-0.39, 0.29) is 12.4 Å². The maximum Gasteiger partial charge on any atom is 0.191 e. The molecule has 0 fully saturated rings. The fourth-order valence-electron chi connectivity index (χ4n) is 2.06. The molecule has 1 aromatic heterocycles. The molecule has 0 saturated carbocycles. The lowest BCUT2D eigenvalue weighted by molar-refractivity contribution is -0.127. The standard InChI is InChI=1S/C14H14N2O3/c1-16-8-10(7-15-16)6-11(17)14-9-18-12-4-2-3-5-13(12)19-14/h2-5,7-8,14H,6,9H2,1H3. The number of hydrogen-bond acceptors (Lipinski definition) is 4. The number of rotatable bonds is 3. The molecule has 2 heterocycles. The van der Waals surface area contributed by atoms with Gasteiger partial charge < -0.3 is 9.47 Å². The van der Waals surface area contributed by atoms with Gasteiger partial charge in [0.2, 0.25) is 0 Å². The predicted molar refractivity (Wildman–Crippen MR) is 68.3 cm³/mol. The summed E-state index contributed by atoms with van der Waals surface area (Å²) in [4.78, 5) is 12.1. The highest BCUT2D eigenvalue weighted by molar-refractivity contribution is 5.86. The molecule has 1 aromatic carbocycles. The van der Waals surface area contributed by atoms with E-state index in [1.54, 1.807) is 16.9 Å². The van der Waals surface area contributed by atoms with E-state index in [4.69, 9.17) is 9.47 Å². The van der Waals surface area contributed by atoms with Gasteiger partial charge in [0, 0.05) is 19.7 Å². The highest BCUT2D eigenvalue weighted by atomic mass is 16.6. The molecule has 98 valence electrons. The second-order valence-corrected chi connectivity index (χ2v) is 4.53. The lowest BCUT2D eigenvalue weighted by Crippen LogP contribution is -2.37. The van der Waals surface area contributed by atoms with E-state index in [9.17, 15) is 4.79 Å². The van der Waals surface area contributed by atoms with Crippen LogP contribution in [0.25, 0.3) is 0 Å². The van der Waals surface area contributed by atoms with Crippen molar-refractivity contribution in [1.29, 1.82) is 0 Å². The first kappa shape index (κ1) is 11.8. The van der Waals surface area contributed by atoms with Crippen molar-refractivity contribution in [2.45, 2.75) is 12.5 Å². The number of ether oxygens (including phenoxy) is 2. The summed E-state index contributed by atoms with van der Waals surface area (Å²) in [5.74, 6) is 1.31. The van der Waals surface area contributed by atoms with Gasteiger partial charge in [-0.1, -0.05) is 12.1 Å². The van der Waals surface area contributed by atoms with Crippen molar-refractivity contribution in [3.8, 4) is 11.5 Å². The largest absolute Gasteiger partial charge is 0.485 e. The summed E-state index contributed by atoms with van der Waals surface area (Å²) in [6.45, 7) is 0.260.